The summed E-state index contributed by atoms with van der Waals surface area (Å²) < 4.78 is 7.86. The smallest absolute Gasteiger partial charge is 0.0594 e. The maximum absolute atomic E-state index is 5.42. The van der Waals surface area contributed by atoms with Crippen LogP contribution in [0.3, 0.4) is 0 Å². The van der Waals surface area contributed by atoms with Crippen LogP contribution in [0.25, 0.3) is 10.9 Å². The second-order valence-corrected chi connectivity index (χ2v) is 5.33. The number of hydrogen-bond acceptors (Lipinski definition) is 2. The molecule has 0 amide bonds. The van der Waals surface area contributed by atoms with E-state index in [4.69, 9.17) is 4.74 Å². The Balaban J connectivity index is 1.93. The summed E-state index contributed by atoms with van der Waals surface area (Å²) in [7, 11) is 0. The van der Waals surface area contributed by atoms with Gasteiger partial charge in [-0.2, -0.15) is 0 Å². The zero-order valence-corrected chi connectivity index (χ0v) is 11.9. The minimum absolute atomic E-state index is 0.867. The molecule has 1 aliphatic heterocycles. The number of fused-ring (bicyclic) bond motifs is 1. The molecular formula is C16H22N2O. The summed E-state index contributed by atoms with van der Waals surface area (Å²) >= 11 is 0. The first-order valence-electron chi connectivity index (χ1n) is 7.17. The summed E-state index contributed by atoms with van der Waals surface area (Å²) in [5, 5.41) is 1.36. The van der Waals surface area contributed by atoms with Crippen molar-refractivity contribution in [2.45, 2.75) is 26.9 Å². The van der Waals surface area contributed by atoms with Crippen molar-refractivity contribution in [3.8, 4) is 0 Å². The topological polar surface area (TPSA) is 17.4 Å². The van der Waals surface area contributed by atoms with Gasteiger partial charge in [0.05, 0.1) is 13.2 Å². The molecule has 3 heteroatoms. The van der Waals surface area contributed by atoms with Gasteiger partial charge in [0.2, 0.25) is 0 Å². The highest BCUT2D eigenvalue weighted by molar-refractivity contribution is 5.82. The van der Waals surface area contributed by atoms with Gasteiger partial charge in [-0.15, -0.1) is 0 Å². The molecule has 0 unspecified atom stereocenters. The van der Waals surface area contributed by atoms with Crippen LogP contribution < -0.4 is 0 Å². The van der Waals surface area contributed by atoms with E-state index in [9.17, 15) is 0 Å². The third-order valence-corrected chi connectivity index (χ3v) is 3.95. The number of morpholine rings is 1. The zero-order valence-electron chi connectivity index (χ0n) is 11.9. The van der Waals surface area contributed by atoms with Crippen molar-refractivity contribution < 1.29 is 4.74 Å². The molecule has 19 heavy (non-hydrogen) atoms. The van der Waals surface area contributed by atoms with Crippen LogP contribution in [-0.2, 0) is 17.8 Å². The molecule has 1 aromatic heterocycles. The van der Waals surface area contributed by atoms with E-state index in [0.29, 0.717) is 0 Å². The third kappa shape index (κ3) is 2.53. The molecule has 2 aromatic rings. The number of aryl methyl sites for hydroxylation is 2. The van der Waals surface area contributed by atoms with Crippen LogP contribution >= 0.6 is 0 Å². The quantitative estimate of drug-likeness (QED) is 0.842. The standard InChI is InChI=1S/C16H22N2O/c1-3-18-15(12-17-6-8-19-9-7-17)11-14-5-4-13(2)10-16(14)18/h4-5,10-11H,3,6-9,12H2,1-2H3. The Labute approximate surface area is 114 Å². The molecule has 0 N–H and O–H groups in total. The van der Waals surface area contributed by atoms with Crippen LogP contribution in [0.1, 0.15) is 18.2 Å². The Morgan fingerprint density at radius 3 is 2.68 bits per heavy atom. The lowest BCUT2D eigenvalue weighted by Crippen LogP contribution is -2.36. The highest BCUT2D eigenvalue weighted by Crippen LogP contribution is 2.22. The number of rotatable bonds is 3. The summed E-state index contributed by atoms with van der Waals surface area (Å²) in [6.45, 7) is 10.3. The van der Waals surface area contributed by atoms with Crippen LogP contribution in [0.2, 0.25) is 0 Å². The van der Waals surface area contributed by atoms with Crippen molar-refractivity contribution in [2.24, 2.45) is 0 Å². The number of aromatic nitrogens is 1. The van der Waals surface area contributed by atoms with Crippen molar-refractivity contribution in [1.29, 1.82) is 0 Å². The van der Waals surface area contributed by atoms with Crippen molar-refractivity contribution in [3.05, 3.63) is 35.5 Å². The van der Waals surface area contributed by atoms with E-state index >= 15 is 0 Å². The maximum Gasteiger partial charge on any atom is 0.0594 e. The Kier molecular flexibility index (Phi) is 3.58. The summed E-state index contributed by atoms with van der Waals surface area (Å²) in [5.74, 6) is 0. The first kappa shape index (κ1) is 12.7. The second-order valence-electron chi connectivity index (χ2n) is 5.33. The van der Waals surface area contributed by atoms with Gasteiger partial charge in [-0.3, -0.25) is 4.90 Å². The fraction of sp³-hybridized carbons (Fsp3) is 0.500. The first-order chi connectivity index (χ1) is 9.28. The normalized spacial score (nSPS) is 17.2. The van der Waals surface area contributed by atoms with Gasteiger partial charge in [0.15, 0.2) is 0 Å². The predicted molar refractivity (Wildman–Crippen MR) is 78.4 cm³/mol. The average Bonchev–Trinajstić information content (AvgIpc) is 2.76. The van der Waals surface area contributed by atoms with Crippen molar-refractivity contribution in [1.82, 2.24) is 9.47 Å². The van der Waals surface area contributed by atoms with Gasteiger partial charge in [0.1, 0.15) is 0 Å². The van der Waals surface area contributed by atoms with E-state index in [0.717, 1.165) is 39.4 Å². The van der Waals surface area contributed by atoms with Crippen molar-refractivity contribution in [2.75, 3.05) is 26.3 Å². The first-order valence-corrected chi connectivity index (χ1v) is 7.17. The fourth-order valence-corrected chi connectivity index (χ4v) is 2.91. The van der Waals surface area contributed by atoms with E-state index in [1.807, 2.05) is 0 Å². The molecule has 1 saturated heterocycles. The molecule has 1 aliphatic rings. The molecule has 1 fully saturated rings. The van der Waals surface area contributed by atoms with Crippen molar-refractivity contribution in [3.63, 3.8) is 0 Å². The largest absolute Gasteiger partial charge is 0.379 e. The van der Waals surface area contributed by atoms with Gasteiger partial charge >= 0.3 is 0 Å². The minimum atomic E-state index is 0.867. The zero-order chi connectivity index (χ0) is 13.2. The molecule has 0 aliphatic carbocycles. The number of ether oxygens (including phenoxy) is 1. The maximum atomic E-state index is 5.42. The van der Waals surface area contributed by atoms with Gasteiger partial charge in [-0.25, -0.2) is 0 Å². The highest BCUT2D eigenvalue weighted by atomic mass is 16.5. The molecule has 0 atom stereocenters. The van der Waals surface area contributed by atoms with Crippen LogP contribution in [0.5, 0.6) is 0 Å². The summed E-state index contributed by atoms with van der Waals surface area (Å²) in [6.07, 6.45) is 0. The van der Waals surface area contributed by atoms with Crippen molar-refractivity contribution >= 4 is 10.9 Å². The molecule has 0 saturated carbocycles. The van der Waals surface area contributed by atoms with Gasteiger partial charge in [0, 0.05) is 37.4 Å². The van der Waals surface area contributed by atoms with Crippen LogP contribution in [0.4, 0.5) is 0 Å². The summed E-state index contributed by atoms with van der Waals surface area (Å²) in [4.78, 5) is 2.48. The minimum Gasteiger partial charge on any atom is -0.379 e. The van der Waals surface area contributed by atoms with Crippen LogP contribution in [0, 0.1) is 6.92 Å². The average molecular weight is 258 g/mol. The fourth-order valence-electron chi connectivity index (χ4n) is 2.91. The van der Waals surface area contributed by atoms with Gasteiger partial charge in [-0.1, -0.05) is 12.1 Å². The SMILES string of the molecule is CCn1c(CN2CCOCC2)cc2ccc(C)cc21. The van der Waals surface area contributed by atoms with Gasteiger partial charge in [-0.05, 0) is 36.9 Å². The monoisotopic (exact) mass is 258 g/mol. The highest BCUT2D eigenvalue weighted by Gasteiger charge is 2.14. The van der Waals surface area contributed by atoms with Gasteiger partial charge < -0.3 is 9.30 Å². The molecule has 2 heterocycles. The lowest BCUT2D eigenvalue weighted by Gasteiger charge is -2.26. The molecule has 3 rings (SSSR count). The molecule has 0 spiro atoms. The van der Waals surface area contributed by atoms with E-state index < -0.39 is 0 Å². The molecule has 0 radical (unpaired) electrons. The Morgan fingerprint density at radius 2 is 1.95 bits per heavy atom. The lowest BCUT2D eigenvalue weighted by molar-refractivity contribution is 0.0332. The Hall–Kier alpha value is -1.32. The third-order valence-electron chi connectivity index (χ3n) is 3.95. The number of hydrogen-bond donors (Lipinski definition) is 0. The van der Waals surface area contributed by atoms with Crippen LogP contribution in [0.15, 0.2) is 24.3 Å². The molecule has 1 aromatic carbocycles. The molecule has 0 bridgehead atoms. The van der Waals surface area contributed by atoms with Gasteiger partial charge in [0.25, 0.3) is 0 Å². The Morgan fingerprint density at radius 1 is 1.16 bits per heavy atom. The Bertz CT molecular complexity index is 567. The number of nitrogens with zero attached hydrogens (tertiary/aromatic N) is 2. The number of benzene rings is 1. The predicted octanol–water partition coefficient (Wildman–Crippen LogP) is 2.80. The molecule has 3 nitrogen and oxygen atoms in total. The van der Waals surface area contributed by atoms with Crippen LogP contribution in [-0.4, -0.2) is 35.8 Å². The summed E-state index contributed by atoms with van der Waals surface area (Å²) in [5.41, 5.74) is 4.12. The summed E-state index contributed by atoms with van der Waals surface area (Å²) in [6, 6.07) is 9.07. The van der Waals surface area contributed by atoms with E-state index in [2.05, 4.69) is 47.6 Å². The molecular weight excluding hydrogens is 236 g/mol. The molecule has 102 valence electrons. The van der Waals surface area contributed by atoms with E-state index in [1.165, 1.54) is 22.2 Å². The second kappa shape index (κ2) is 5.35. The lowest BCUT2D eigenvalue weighted by atomic mass is 10.2. The van der Waals surface area contributed by atoms with E-state index in [1.54, 1.807) is 0 Å². The van der Waals surface area contributed by atoms with E-state index in [-0.39, 0.29) is 0 Å².